The molecule has 0 saturated carbocycles. The molecule has 3 aromatic carbocycles. The number of hydrogen-bond donors (Lipinski definition) is 4. The molecule has 0 unspecified atom stereocenters. The molecule has 4 N–H and O–H groups in total. The van der Waals surface area contributed by atoms with Crippen molar-refractivity contribution < 1.29 is 25.2 Å². The van der Waals surface area contributed by atoms with Crippen LogP contribution in [0, 0.1) is 0 Å². The summed E-state index contributed by atoms with van der Waals surface area (Å²) in [6.45, 7) is 2.71. The largest absolute Gasteiger partial charge is 0.508 e. The number of aromatic hydroxyl groups is 4. The van der Waals surface area contributed by atoms with Crippen LogP contribution in [0.4, 0.5) is 11.4 Å². The highest BCUT2D eigenvalue weighted by atomic mass is 16.3. The summed E-state index contributed by atoms with van der Waals surface area (Å²) in [7, 11) is 0. The maximum Gasteiger partial charge on any atom is 0.152 e. The number of phenols is 4. The average molecular weight is 432 g/mol. The molecule has 0 spiro atoms. The Kier molecular flexibility index (Phi) is 4.81. The summed E-state index contributed by atoms with van der Waals surface area (Å²) in [5.41, 5.74) is 4.06. The van der Waals surface area contributed by atoms with Gasteiger partial charge in [-0.25, -0.2) is 0 Å². The van der Waals surface area contributed by atoms with Crippen molar-refractivity contribution in [3.05, 3.63) is 71.3 Å². The van der Waals surface area contributed by atoms with E-state index in [1.54, 1.807) is 30.3 Å². The van der Waals surface area contributed by atoms with Crippen molar-refractivity contribution in [3.8, 4) is 23.0 Å². The Morgan fingerprint density at radius 1 is 0.719 bits per heavy atom. The van der Waals surface area contributed by atoms with Crippen LogP contribution < -0.4 is 9.80 Å². The number of carbonyl (C=O) groups is 1. The third kappa shape index (κ3) is 3.36. The topological polar surface area (TPSA) is 104 Å². The molecule has 0 aromatic heterocycles. The highest BCUT2D eigenvalue weighted by Crippen LogP contribution is 2.45. The van der Waals surface area contributed by atoms with Crippen molar-refractivity contribution >= 4 is 17.7 Å². The van der Waals surface area contributed by atoms with E-state index in [-0.39, 0.29) is 34.8 Å². The normalized spacial score (nSPS) is 16.5. The average Bonchev–Trinajstić information content (AvgIpc) is 2.69. The van der Waals surface area contributed by atoms with Gasteiger partial charge in [0.1, 0.15) is 23.0 Å². The Bertz CT molecular complexity index is 1180. The van der Waals surface area contributed by atoms with E-state index in [2.05, 4.69) is 9.80 Å². The minimum absolute atomic E-state index is 0.0306. The van der Waals surface area contributed by atoms with Gasteiger partial charge in [-0.1, -0.05) is 18.2 Å². The zero-order valence-electron chi connectivity index (χ0n) is 17.3. The van der Waals surface area contributed by atoms with Crippen LogP contribution in [0.15, 0.2) is 54.6 Å². The van der Waals surface area contributed by atoms with Gasteiger partial charge in [0.15, 0.2) is 6.29 Å². The number of hydrogen-bond acceptors (Lipinski definition) is 7. The fraction of sp³-hybridized carbons (Fsp3) is 0.240. The molecular weight excluding hydrogens is 408 g/mol. The number of rotatable bonds is 5. The molecule has 0 aliphatic carbocycles. The van der Waals surface area contributed by atoms with Gasteiger partial charge in [0.05, 0.1) is 11.4 Å². The Labute approximate surface area is 185 Å². The first kappa shape index (κ1) is 20.1. The van der Waals surface area contributed by atoms with Crippen molar-refractivity contribution in [3.63, 3.8) is 0 Å². The molecule has 32 heavy (non-hydrogen) atoms. The zero-order valence-corrected chi connectivity index (χ0v) is 17.3. The molecule has 2 saturated heterocycles. The van der Waals surface area contributed by atoms with Gasteiger partial charge in [0.2, 0.25) is 0 Å². The second-order valence-electron chi connectivity index (χ2n) is 8.52. The van der Waals surface area contributed by atoms with Crippen LogP contribution in [-0.2, 0) is 0 Å². The number of para-hydroxylation sites is 1. The number of aldehydes is 1. The first-order valence-corrected chi connectivity index (χ1v) is 10.6. The van der Waals surface area contributed by atoms with E-state index < -0.39 is 0 Å². The number of carbonyl (C=O) groups excluding carboxylic acids is 1. The van der Waals surface area contributed by atoms with Gasteiger partial charge in [-0.15, -0.1) is 0 Å². The summed E-state index contributed by atoms with van der Waals surface area (Å²) in [6.07, 6.45) is 0.868. The standard InChI is InChI=1S/C25H24N2O5/c28-14-15-2-1-3-22(26-10-16(11-26)20-6-4-18(29)8-23(20)31)25(15)27-12-17(13-27)21-7-5-19(30)9-24(21)32/h1-9,14,16-17,29-32H,10-13H2. The molecule has 0 radical (unpaired) electrons. The van der Waals surface area contributed by atoms with Crippen molar-refractivity contribution in [1.29, 1.82) is 0 Å². The van der Waals surface area contributed by atoms with Gasteiger partial charge >= 0.3 is 0 Å². The maximum absolute atomic E-state index is 11.8. The van der Waals surface area contributed by atoms with Crippen LogP contribution in [0.5, 0.6) is 23.0 Å². The molecule has 2 heterocycles. The third-order valence-corrected chi connectivity index (χ3v) is 6.50. The van der Waals surface area contributed by atoms with E-state index in [0.29, 0.717) is 31.7 Å². The SMILES string of the molecule is O=Cc1cccc(N2CC(c3ccc(O)cc3O)C2)c1N1CC(c2ccc(O)cc2O)C1. The Morgan fingerprint density at radius 3 is 1.75 bits per heavy atom. The predicted octanol–water partition coefficient (Wildman–Crippen LogP) is 3.53. The fourth-order valence-corrected chi connectivity index (χ4v) is 4.73. The zero-order chi connectivity index (χ0) is 22.4. The van der Waals surface area contributed by atoms with Crippen molar-refractivity contribution in [2.24, 2.45) is 0 Å². The Morgan fingerprint density at radius 2 is 1.25 bits per heavy atom. The van der Waals surface area contributed by atoms with Gasteiger partial charge in [-0.3, -0.25) is 4.79 Å². The molecule has 5 rings (SSSR count). The summed E-state index contributed by atoms with van der Waals surface area (Å²) in [5.74, 6) is 0.495. The molecule has 164 valence electrons. The number of anilines is 2. The smallest absolute Gasteiger partial charge is 0.152 e. The molecule has 7 nitrogen and oxygen atoms in total. The molecule has 3 aromatic rings. The lowest BCUT2D eigenvalue weighted by atomic mass is 9.87. The van der Waals surface area contributed by atoms with Crippen LogP contribution in [0.2, 0.25) is 0 Å². The van der Waals surface area contributed by atoms with Gasteiger partial charge in [0, 0.05) is 66.8 Å². The first-order chi connectivity index (χ1) is 15.4. The van der Waals surface area contributed by atoms with Crippen molar-refractivity contribution in [2.75, 3.05) is 36.0 Å². The van der Waals surface area contributed by atoms with Crippen LogP contribution in [0.3, 0.4) is 0 Å². The van der Waals surface area contributed by atoms with Crippen LogP contribution in [0.25, 0.3) is 0 Å². The second-order valence-corrected chi connectivity index (χ2v) is 8.52. The van der Waals surface area contributed by atoms with Gasteiger partial charge in [0.25, 0.3) is 0 Å². The summed E-state index contributed by atoms with van der Waals surface area (Å²) in [4.78, 5) is 16.1. The van der Waals surface area contributed by atoms with Crippen LogP contribution >= 0.6 is 0 Å². The third-order valence-electron chi connectivity index (χ3n) is 6.50. The van der Waals surface area contributed by atoms with E-state index in [0.717, 1.165) is 28.8 Å². The summed E-state index contributed by atoms with van der Waals surface area (Å²) < 4.78 is 0. The highest BCUT2D eigenvalue weighted by molar-refractivity contribution is 5.92. The van der Waals surface area contributed by atoms with Crippen LogP contribution in [0.1, 0.15) is 33.3 Å². The second kappa shape index (κ2) is 7.67. The first-order valence-electron chi connectivity index (χ1n) is 10.6. The summed E-state index contributed by atoms with van der Waals surface area (Å²) in [5, 5.41) is 39.4. The minimum Gasteiger partial charge on any atom is -0.508 e. The Hall–Kier alpha value is -3.87. The van der Waals surface area contributed by atoms with Gasteiger partial charge in [-0.05, 0) is 24.3 Å². The fourth-order valence-electron chi connectivity index (χ4n) is 4.73. The highest BCUT2D eigenvalue weighted by Gasteiger charge is 2.36. The molecule has 0 atom stereocenters. The molecule has 2 fully saturated rings. The number of benzene rings is 3. The Balaban J connectivity index is 1.35. The lowest BCUT2D eigenvalue weighted by molar-refractivity contribution is 0.112. The molecule has 2 aliphatic rings. The predicted molar refractivity (Wildman–Crippen MR) is 121 cm³/mol. The number of nitrogens with zero attached hydrogens (tertiary/aromatic N) is 2. The molecular formula is C25H24N2O5. The summed E-state index contributed by atoms with van der Waals surface area (Å²) >= 11 is 0. The van der Waals surface area contributed by atoms with Crippen molar-refractivity contribution in [1.82, 2.24) is 0 Å². The van der Waals surface area contributed by atoms with Crippen molar-refractivity contribution in [2.45, 2.75) is 11.8 Å². The van der Waals surface area contributed by atoms with E-state index in [1.807, 2.05) is 12.1 Å². The molecule has 0 bridgehead atoms. The monoisotopic (exact) mass is 432 g/mol. The van der Waals surface area contributed by atoms with E-state index >= 15 is 0 Å². The van der Waals surface area contributed by atoms with Gasteiger partial charge < -0.3 is 30.2 Å². The molecule has 7 heteroatoms. The maximum atomic E-state index is 11.8. The minimum atomic E-state index is 0.0306. The lowest BCUT2D eigenvalue weighted by Crippen LogP contribution is -2.49. The number of phenolic OH excluding ortho intramolecular Hbond substituents is 4. The summed E-state index contributed by atoms with van der Waals surface area (Å²) in [6, 6.07) is 15.0. The van der Waals surface area contributed by atoms with E-state index in [4.69, 9.17) is 0 Å². The molecule has 2 aliphatic heterocycles. The lowest BCUT2D eigenvalue weighted by Gasteiger charge is -2.47. The van der Waals surface area contributed by atoms with Gasteiger partial charge in [-0.2, -0.15) is 0 Å². The van der Waals surface area contributed by atoms with Crippen LogP contribution in [-0.4, -0.2) is 52.9 Å². The molecule has 0 amide bonds. The van der Waals surface area contributed by atoms with E-state index in [1.165, 1.54) is 12.1 Å². The quantitative estimate of drug-likeness (QED) is 0.457. The van der Waals surface area contributed by atoms with E-state index in [9.17, 15) is 25.2 Å².